The summed E-state index contributed by atoms with van der Waals surface area (Å²) in [6, 6.07) is 4.70. The highest BCUT2D eigenvalue weighted by Gasteiger charge is 2.03. The Morgan fingerprint density at radius 3 is 2.33 bits per heavy atom. The number of nitrogens with zero attached hydrogens (tertiary/aromatic N) is 2. The summed E-state index contributed by atoms with van der Waals surface area (Å²) in [7, 11) is 4.99. The minimum atomic E-state index is -0.925. The number of hydrogen-bond donors (Lipinski definition) is 3. The first-order chi connectivity index (χ1) is 8.95. The van der Waals surface area contributed by atoms with Crippen LogP contribution in [-0.2, 0) is 0 Å². The highest BCUT2D eigenvalue weighted by molar-refractivity contribution is 5.92. The molecule has 2 amide bonds. The minimum absolute atomic E-state index is 0. The van der Waals surface area contributed by atoms with Gasteiger partial charge in [0.15, 0.2) is 0 Å². The van der Waals surface area contributed by atoms with Gasteiger partial charge in [0.25, 0.3) is 0 Å². The van der Waals surface area contributed by atoms with Crippen LogP contribution >= 0.6 is 24.8 Å². The Morgan fingerprint density at radius 2 is 1.90 bits per heavy atom. The number of aromatic amines is 1. The van der Waals surface area contributed by atoms with E-state index in [1.165, 1.54) is 17.3 Å². The van der Waals surface area contributed by atoms with Gasteiger partial charge in [-0.25, -0.2) is 14.6 Å². The SMILES string of the molecule is CNC(=O)N(C)C.Cl.Cl.O=C(O)c1ccc2nc[nH]c2c1. The molecule has 0 fully saturated rings. The van der Waals surface area contributed by atoms with Crippen molar-refractivity contribution in [2.75, 3.05) is 21.1 Å². The van der Waals surface area contributed by atoms with Gasteiger partial charge < -0.3 is 20.3 Å². The Balaban J connectivity index is 0. The van der Waals surface area contributed by atoms with Crippen molar-refractivity contribution >= 4 is 47.8 Å². The fourth-order valence-electron chi connectivity index (χ4n) is 1.29. The third-order valence-electron chi connectivity index (χ3n) is 2.29. The summed E-state index contributed by atoms with van der Waals surface area (Å²) in [6.45, 7) is 0. The van der Waals surface area contributed by atoms with E-state index in [1.54, 1.807) is 33.3 Å². The second-order valence-corrected chi connectivity index (χ2v) is 3.89. The lowest BCUT2D eigenvalue weighted by Gasteiger charge is -2.06. The van der Waals surface area contributed by atoms with Crippen LogP contribution in [0.5, 0.6) is 0 Å². The van der Waals surface area contributed by atoms with Gasteiger partial charge in [-0.1, -0.05) is 0 Å². The van der Waals surface area contributed by atoms with E-state index >= 15 is 0 Å². The first-order valence-electron chi connectivity index (χ1n) is 5.51. The molecule has 0 aliphatic carbocycles. The van der Waals surface area contributed by atoms with E-state index in [-0.39, 0.29) is 36.4 Å². The first kappa shape index (κ1) is 21.3. The number of rotatable bonds is 1. The van der Waals surface area contributed by atoms with Gasteiger partial charge in [-0.15, -0.1) is 24.8 Å². The van der Waals surface area contributed by atoms with Gasteiger partial charge in [0.1, 0.15) is 0 Å². The summed E-state index contributed by atoms with van der Waals surface area (Å²) < 4.78 is 0. The van der Waals surface area contributed by atoms with Crippen LogP contribution < -0.4 is 5.32 Å². The number of carboxylic acids is 1. The third-order valence-corrected chi connectivity index (χ3v) is 2.29. The van der Waals surface area contributed by atoms with Gasteiger partial charge >= 0.3 is 12.0 Å². The van der Waals surface area contributed by atoms with E-state index in [1.807, 2.05) is 0 Å². The van der Waals surface area contributed by atoms with Crippen molar-refractivity contribution in [1.82, 2.24) is 20.2 Å². The molecule has 0 bridgehead atoms. The van der Waals surface area contributed by atoms with E-state index in [9.17, 15) is 9.59 Å². The van der Waals surface area contributed by atoms with Crippen LogP contribution in [0.1, 0.15) is 10.4 Å². The summed E-state index contributed by atoms with van der Waals surface area (Å²) in [6.07, 6.45) is 1.54. The van der Waals surface area contributed by atoms with Crippen LogP contribution in [0.4, 0.5) is 4.79 Å². The van der Waals surface area contributed by atoms with Gasteiger partial charge in [-0.05, 0) is 18.2 Å². The predicted molar refractivity (Wildman–Crippen MR) is 85.7 cm³/mol. The van der Waals surface area contributed by atoms with Crippen LogP contribution in [0.2, 0.25) is 0 Å². The second kappa shape index (κ2) is 9.84. The fourth-order valence-corrected chi connectivity index (χ4v) is 1.29. The molecule has 1 heterocycles. The van der Waals surface area contributed by atoms with Crippen LogP contribution in [-0.4, -0.2) is 53.1 Å². The highest BCUT2D eigenvalue weighted by Crippen LogP contribution is 2.10. The van der Waals surface area contributed by atoms with Crippen LogP contribution in [0.15, 0.2) is 24.5 Å². The molecule has 0 spiro atoms. The smallest absolute Gasteiger partial charge is 0.335 e. The molecule has 2 rings (SSSR count). The zero-order chi connectivity index (χ0) is 14.4. The molecule has 3 N–H and O–H groups in total. The summed E-state index contributed by atoms with van der Waals surface area (Å²) in [5, 5.41) is 11.1. The van der Waals surface area contributed by atoms with E-state index in [2.05, 4.69) is 15.3 Å². The molecule has 0 unspecified atom stereocenters. The Morgan fingerprint density at radius 1 is 1.29 bits per heavy atom. The molecule has 2 aromatic rings. The monoisotopic (exact) mass is 336 g/mol. The molecule has 0 atom stereocenters. The number of amides is 2. The van der Waals surface area contributed by atoms with Crippen molar-refractivity contribution in [1.29, 1.82) is 0 Å². The summed E-state index contributed by atoms with van der Waals surface area (Å²) in [4.78, 5) is 29.1. The number of benzene rings is 1. The van der Waals surface area contributed by atoms with Crippen molar-refractivity contribution in [3.8, 4) is 0 Å². The number of carboxylic acid groups (broad SMARTS) is 1. The van der Waals surface area contributed by atoms with E-state index in [0.717, 1.165) is 11.0 Å². The summed E-state index contributed by atoms with van der Waals surface area (Å²) in [5.41, 5.74) is 1.79. The standard InChI is InChI=1S/C8H6N2O2.C4H10N2O.2ClH/c11-8(12)5-1-2-6-7(3-5)10-4-9-6;1-5-4(7)6(2)3;;/h1-4H,(H,9,10)(H,11,12);1-3H3,(H,5,7);2*1H. The van der Waals surface area contributed by atoms with Gasteiger partial charge in [0.2, 0.25) is 0 Å². The van der Waals surface area contributed by atoms with Crippen LogP contribution in [0, 0.1) is 0 Å². The Bertz CT molecular complexity index is 587. The average Bonchev–Trinajstić information content (AvgIpc) is 2.85. The normalized spacial score (nSPS) is 8.52. The number of aromatic nitrogens is 2. The van der Waals surface area contributed by atoms with Crippen molar-refractivity contribution in [2.24, 2.45) is 0 Å². The molecule has 0 radical (unpaired) electrons. The third kappa shape index (κ3) is 6.33. The number of carbonyl (C=O) groups excluding carboxylic acids is 1. The van der Waals surface area contributed by atoms with E-state index < -0.39 is 5.97 Å². The molecule has 0 saturated heterocycles. The number of nitrogens with one attached hydrogen (secondary N) is 2. The summed E-state index contributed by atoms with van der Waals surface area (Å²) >= 11 is 0. The number of urea groups is 1. The maximum atomic E-state index is 10.5. The minimum Gasteiger partial charge on any atom is -0.478 e. The lowest BCUT2D eigenvalue weighted by atomic mass is 10.2. The molecule has 1 aromatic heterocycles. The van der Waals surface area contributed by atoms with E-state index in [0.29, 0.717) is 0 Å². The van der Waals surface area contributed by atoms with Gasteiger partial charge in [0, 0.05) is 21.1 Å². The number of halogens is 2. The number of H-pyrrole nitrogens is 1. The molecule has 0 aliphatic heterocycles. The molecule has 0 saturated carbocycles. The predicted octanol–water partition coefficient (Wildman–Crippen LogP) is 1.99. The molecular weight excluding hydrogens is 319 g/mol. The largest absolute Gasteiger partial charge is 0.478 e. The Kier molecular flexibility index (Phi) is 9.99. The first-order valence-corrected chi connectivity index (χ1v) is 5.51. The number of imidazole rings is 1. The van der Waals surface area contributed by atoms with Crippen LogP contribution in [0.25, 0.3) is 11.0 Å². The zero-order valence-corrected chi connectivity index (χ0v) is 13.4. The fraction of sp³-hybridized carbons (Fsp3) is 0.250. The summed E-state index contributed by atoms with van der Waals surface area (Å²) in [5.74, 6) is -0.925. The van der Waals surface area contributed by atoms with Crippen molar-refractivity contribution in [2.45, 2.75) is 0 Å². The lowest BCUT2D eigenvalue weighted by Crippen LogP contribution is -2.31. The Labute approximate surface area is 134 Å². The molecule has 9 heteroatoms. The van der Waals surface area contributed by atoms with Crippen LogP contribution in [0.3, 0.4) is 0 Å². The molecule has 7 nitrogen and oxygen atoms in total. The van der Waals surface area contributed by atoms with Gasteiger partial charge in [-0.3, -0.25) is 0 Å². The van der Waals surface area contributed by atoms with Crippen molar-refractivity contribution < 1.29 is 14.7 Å². The molecule has 118 valence electrons. The molecule has 1 aromatic carbocycles. The molecule has 21 heavy (non-hydrogen) atoms. The second-order valence-electron chi connectivity index (χ2n) is 3.89. The maximum Gasteiger partial charge on any atom is 0.335 e. The van der Waals surface area contributed by atoms with Gasteiger partial charge in [0.05, 0.1) is 22.9 Å². The average molecular weight is 337 g/mol. The number of aromatic carboxylic acids is 1. The zero-order valence-electron chi connectivity index (χ0n) is 11.8. The molecular formula is C12H18Cl2N4O3. The lowest BCUT2D eigenvalue weighted by molar-refractivity contribution is 0.0697. The Hall–Kier alpha value is -1.99. The van der Waals surface area contributed by atoms with Gasteiger partial charge in [-0.2, -0.15) is 0 Å². The highest BCUT2D eigenvalue weighted by atomic mass is 35.5. The van der Waals surface area contributed by atoms with E-state index in [4.69, 9.17) is 5.11 Å². The van der Waals surface area contributed by atoms with Crippen molar-refractivity contribution in [3.05, 3.63) is 30.1 Å². The maximum absolute atomic E-state index is 10.5. The number of hydrogen-bond acceptors (Lipinski definition) is 3. The number of carbonyl (C=O) groups is 2. The molecule has 0 aliphatic rings. The number of fused-ring (bicyclic) bond motifs is 1. The topological polar surface area (TPSA) is 98.3 Å². The van der Waals surface area contributed by atoms with Crippen molar-refractivity contribution in [3.63, 3.8) is 0 Å². The quantitative estimate of drug-likeness (QED) is 0.741.